The van der Waals surface area contributed by atoms with E-state index >= 15 is 0 Å². The van der Waals surface area contributed by atoms with Crippen LogP contribution in [0.5, 0.6) is 0 Å². The van der Waals surface area contributed by atoms with Gasteiger partial charge < -0.3 is 15.0 Å². The SMILES string of the molecule is C=N/C(=C\C(=C/C)C(=O)Nc1ccc(C)c(-c2cnc(N3CCOCC3)c(C#N)c2)c1)C(F)(F)F. The van der Waals surface area contributed by atoms with Crippen LogP contribution in [0.4, 0.5) is 24.7 Å². The molecule has 0 bridgehead atoms. The number of aromatic nitrogens is 1. The molecule has 182 valence electrons. The minimum absolute atomic E-state index is 0.213. The normalized spacial score (nSPS) is 14.9. The molecule has 1 fully saturated rings. The Kier molecular flexibility index (Phi) is 8.04. The molecule has 3 rings (SSSR count). The van der Waals surface area contributed by atoms with Gasteiger partial charge in [0.1, 0.15) is 17.6 Å². The number of carbonyl (C=O) groups excluding carboxylic acids is 1. The number of ether oxygens (including phenoxy) is 1. The Labute approximate surface area is 201 Å². The number of alkyl halides is 3. The number of nitrogens with zero attached hydrogens (tertiary/aromatic N) is 4. The van der Waals surface area contributed by atoms with E-state index in [0.29, 0.717) is 55.0 Å². The second-order valence-corrected chi connectivity index (χ2v) is 7.72. The Hall–Kier alpha value is -3.97. The van der Waals surface area contributed by atoms with Gasteiger partial charge in [-0.05, 0) is 56.0 Å². The van der Waals surface area contributed by atoms with E-state index in [1.54, 1.807) is 30.5 Å². The zero-order valence-electron chi connectivity index (χ0n) is 19.3. The van der Waals surface area contributed by atoms with E-state index in [1.807, 2.05) is 11.8 Å². The Morgan fingerprint density at radius 2 is 2.03 bits per heavy atom. The first-order chi connectivity index (χ1) is 16.7. The molecule has 1 aromatic heterocycles. The molecule has 1 aromatic carbocycles. The van der Waals surface area contributed by atoms with Crippen molar-refractivity contribution in [2.75, 3.05) is 36.5 Å². The van der Waals surface area contributed by atoms with Gasteiger partial charge in [-0.15, -0.1) is 0 Å². The molecule has 35 heavy (non-hydrogen) atoms. The topological polar surface area (TPSA) is 90.6 Å². The number of nitriles is 1. The van der Waals surface area contributed by atoms with Crippen molar-refractivity contribution >= 4 is 24.1 Å². The van der Waals surface area contributed by atoms with Crippen molar-refractivity contribution in [1.29, 1.82) is 5.26 Å². The highest BCUT2D eigenvalue weighted by molar-refractivity contribution is 6.06. The van der Waals surface area contributed by atoms with E-state index in [-0.39, 0.29) is 5.57 Å². The average molecular weight is 483 g/mol. The highest BCUT2D eigenvalue weighted by Gasteiger charge is 2.33. The highest BCUT2D eigenvalue weighted by atomic mass is 19.4. The number of morpholine rings is 1. The van der Waals surface area contributed by atoms with Crippen LogP contribution in [0.2, 0.25) is 0 Å². The van der Waals surface area contributed by atoms with E-state index in [1.165, 1.54) is 13.0 Å². The predicted octanol–water partition coefficient (Wildman–Crippen LogP) is 4.80. The molecule has 7 nitrogen and oxygen atoms in total. The summed E-state index contributed by atoms with van der Waals surface area (Å²) in [6.45, 7) is 8.65. The Bertz CT molecular complexity index is 1220. The third kappa shape index (κ3) is 6.13. The predicted molar refractivity (Wildman–Crippen MR) is 128 cm³/mol. The molecule has 1 aliphatic rings. The summed E-state index contributed by atoms with van der Waals surface area (Å²) in [7, 11) is 0. The lowest BCUT2D eigenvalue weighted by molar-refractivity contribution is -0.112. The van der Waals surface area contributed by atoms with Crippen molar-refractivity contribution < 1.29 is 22.7 Å². The third-order valence-corrected chi connectivity index (χ3v) is 5.43. The zero-order valence-corrected chi connectivity index (χ0v) is 19.3. The molecule has 1 saturated heterocycles. The van der Waals surface area contributed by atoms with Crippen LogP contribution in [0.1, 0.15) is 18.1 Å². The van der Waals surface area contributed by atoms with Crippen molar-refractivity contribution in [3.63, 3.8) is 0 Å². The number of allylic oxidation sites excluding steroid dienone is 2. The molecule has 0 aliphatic carbocycles. The number of carbonyl (C=O) groups is 1. The first-order valence-corrected chi connectivity index (χ1v) is 10.7. The standard InChI is InChI=1S/C25H24F3N5O2/c1-4-17(12-22(30-3)25(26,27)28)24(34)32-20-6-5-16(2)21(13-20)19-11-18(14-29)23(31-15-19)33-7-9-35-10-8-33/h4-6,11-13,15H,3,7-10H2,1-2H3,(H,32,34)/b17-4+,22-12-. The summed E-state index contributed by atoms with van der Waals surface area (Å²) < 4.78 is 44.4. The molecule has 1 N–H and O–H groups in total. The van der Waals surface area contributed by atoms with Crippen LogP contribution in [0.3, 0.4) is 0 Å². The molecule has 0 spiro atoms. The monoisotopic (exact) mass is 483 g/mol. The maximum Gasteiger partial charge on any atom is 0.433 e. The molecule has 0 saturated carbocycles. The van der Waals surface area contributed by atoms with Crippen LogP contribution >= 0.6 is 0 Å². The van der Waals surface area contributed by atoms with Crippen LogP contribution in [0.15, 0.2) is 58.9 Å². The number of aliphatic imine (C=N–C) groups is 1. The first kappa shape index (κ1) is 25.6. The largest absolute Gasteiger partial charge is 0.433 e. The molecule has 2 heterocycles. The lowest BCUT2D eigenvalue weighted by Crippen LogP contribution is -2.37. The number of halogens is 3. The maximum atomic E-state index is 13.0. The van der Waals surface area contributed by atoms with Gasteiger partial charge in [-0.2, -0.15) is 18.4 Å². The quantitative estimate of drug-likeness (QED) is 0.362. The van der Waals surface area contributed by atoms with Crippen LogP contribution in [-0.4, -0.2) is 50.1 Å². The number of benzene rings is 1. The van der Waals surface area contributed by atoms with Crippen molar-refractivity contribution in [1.82, 2.24) is 4.98 Å². The smallest absolute Gasteiger partial charge is 0.378 e. The molecule has 0 atom stereocenters. The van der Waals surface area contributed by atoms with E-state index in [0.717, 1.165) is 11.1 Å². The molecule has 0 unspecified atom stereocenters. The second-order valence-electron chi connectivity index (χ2n) is 7.72. The number of anilines is 2. The molecule has 10 heteroatoms. The molecule has 2 aromatic rings. The number of hydrogen-bond acceptors (Lipinski definition) is 6. The van der Waals surface area contributed by atoms with Crippen LogP contribution in [0.25, 0.3) is 11.1 Å². The van der Waals surface area contributed by atoms with Crippen LogP contribution in [-0.2, 0) is 9.53 Å². The minimum atomic E-state index is -4.73. The second kappa shape index (κ2) is 11.0. The van der Waals surface area contributed by atoms with E-state index in [4.69, 9.17) is 4.74 Å². The van der Waals surface area contributed by atoms with E-state index in [9.17, 15) is 23.2 Å². The number of aryl methyl sites for hydroxylation is 1. The summed E-state index contributed by atoms with van der Waals surface area (Å²) in [6.07, 6.45) is -1.17. The summed E-state index contributed by atoms with van der Waals surface area (Å²) in [5, 5.41) is 12.3. The highest BCUT2D eigenvalue weighted by Crippen LogP contribution is 2.31. The Morgan fingerprint density at radius 1 is 1.31 bits per heavy atom. The number of nitrogens with one attached hydrogen (secondary N) is 1. The maximum absolute atomic E-state index is 13.0. The van der Waals surface area contributed by atoms with Gasteiger partial charge in [0.15, 0.2) is 0 Å². The van der Waals surface area contributed by atoms with Gasteiger partial charge in [0, 0.05) is 36.1 Å². The van der Waals surface area contributed by atoms with Gasteiger partial charge in [0.2, 0.25) is 0 Å². The van der Waals surface area contributed by atoms with Gasteiger partial charge >= 0.3 is 6.18 Å². The van der Waals surface area contributed by atoms with Crippen molar-refractivity contribution in [3.8, 4) is 17.2 Å². The Morgan fingerprint density at radius 3 is 2.63 bits per heavy atom. The molecule has 1 amide bonds. The van der Waals surface area contributed by atoms with Crippen molar-refractivity contribution in [2.24, 2.45) is 4.99 Å². The fraction of sp³-hybridized carbons (Fsp3) is 0.280. The first-order valence-electron chi connectivity index (χ1n) is 10.7. The number of pyridine rings is 1. The number of rotatable bonds is 6. The summed E-state index contributed by atoms with van der Waals surface area (Å²) in [5.41, 5.74) is 1.58. The van der Waals surface area contributed by atoms with Crippen molar-refractivity contribution in [2.45, 2.75) is 20.0 Å². The molecule has 1 aliphatic heterocycles. The lowest BCUT2D eigenvalue weighted by atomic mass is 9.99. The average Bonchev–Trinajstić information content (AvgIpc) is 2.85. The molecular weight excluding hydrogens is 459 g/mol. The van der Waals surface area contributed by atoms with Gasteiger partial charge in [0.05, 0.1) is 18.8 Å². The summed E-state index contributed by atoms with van der Waals surface area (Å²) in [4.78, 5) is 22.1. The summed E-state index contributed by atoms with van der Waals surface area (Å²) in [5.74, 6) is -0.145. The summed E-state index contributed by atoms with van der Waals surface area (Å²) >= 11 is 0. The Balaban J connectivity index is 1.89. The fourth-order valence-corrected chi connectivity index (χ4v) is 3.57. The molecular formula is C25H24F3N5O2. The minimum Gasteiger partial charge on any atom is -0.378 e. The molecule has 0 radical (unpaired) electrons. The van der Waals surface area contributed by atoms with Gasteiger partial charge in [-0.25, -0.2) is 4.98 Å². The van der Waals surface area contributed by atoms with Gasteiger partial charge in [-0.3, -0.25) is 9.79 Å². The van der Waals surface area contributed by atoms with E-state index in [2.05, 4.69) is 28.1 Å². The van der Waals surface area contributed by atoms with E-state index < -0.39 is 17.8 Å². The third-order valence-electron chi connectivity index (χ3n) is 5.43. The van der Waals surface area contributed by atoms with Gasteiger partial charge in [0.25, 0.3) is 5.91 Å². The van der Waals surface area contributed by atoms with Crippen LogP contribution in [0, 0.1) is 18.3 Å². The zero-order chi connectivity index (χ0) is 25.6. The van der Waals surface area contributed by atoms with Crippen LogP contribution < -0.4 is 10.2 Å². The number of hydrogen-bond donors (Lipinski definition) is 1. The summed E-state index contributed by atoms with van der Waals surface area (Å²) in [6, 6.07) is 9.03. The van der Waals surface area contributed by atoms with Gasteiger partial charge in [-0.1, -0.05) is 12.1 Å². The lowest BCUT2D eigenvalue weighted by Gasteiger charge is -2.28. The van der Waals surface area contributed by atoms with Crippen molar-refractivity contribution in [3.05, 3.63) is 65.0 Å². The number of amides is 1. The fourth-order valence-electron chi connectivity index (χ4n) is 3.57.